The lowest BCUT2D eigenvalue weighted by atomic mass is 10.1. The predicted molar refractivity (Wildman–Crippen MR) is 55.9 cm³/mol. The molecule has 0 spiro atoms. The molecule has 82 valence electrons. The number of carbonyl (C=O) groups is 1. The SMILES string of the molecule is CCC(=O)OCC[N+]1(C)CCCCC1. The first kappa shape index (κ1) is 11.5. The molecule has 1 aliphatic rings. The van der Waals surface area contributed by atoms with Crippen molar-refractivity contribution in [2.24, 2.45) is 0 Å². The van der Waals surface area contributed by atoms with Gasteiger partial charge < -0.3 is 9.22 Å². The first-order chi connectivity index (χ1) is 6.66. The van der Waals surface area contributed by atoms with E-state index in [-0.39, 0.29) is 5.97 Å². The van der Waals surface area contributed by atoms with Gasteiger partial charge in [-0.05, 0) is 19.3 Å². The quantitative estimate of drug-likeness (QED) is 0.508. The van der Waals surface area contributed by atoms with Crippen LogP contribution in [0.25, 0.3) is 0 Å². The van der Waals surface area contributed by atoms with Crippen LogP contribution in [0.2, 0.25) is 0 Å². The van der Waals surface area contributed by atoms with Gasteiger partial charge in [0, 0.05) is 6.42 Å². The van der Waals surface area contributed by atoms with Crippen molar-refractivity contribution in [2.45, 2.75) is 32.6 Å². The summed E-state index contributed by atoms with van der Waals surface area (Å²) in [5.74, 6) is -0.0754. The summed E-state index contributed by atoms with van der Waals surface area (Å²) in [6.07, 6.45) is 4.49. The van der Waals surface area contributed by atoms with E-state index < -0.39 is 0 Å². The van der Waals surface area contributed by atoms with Crippen LogP contribution in [0.5, 0.6) is 0 Å². The minimum Gasteiger partial charge on any atom is -0.460 e. The summed E-state index contributed by atoms with van der Waals surface area (Å²) in [5.41, 5.74) is 0. The molecule has 3 heteroatoms. The van der Waals surface area contributed by atoms with Gasteiger partial charge in [-0.15, -0.1) is 0 Å². The van der Waals surface area contributed by atoms with Crippen molar-refractivity contribution in [1.82, 2.24) is 0 Å². The zero-order valence-electron chi connectivity index (χ0n) is 9.42. The molecule has 0 saturated carbocycles. The van der Waals surface area contributed by atoms with Crippen LogP contribution in [0.1, 0.15) is 32.6 Å². The summed E-state index contributed by atoms with van der Waals surface area (Å²) in [6, 6.07) is 0. The van der Waals surface area contributed by atoms with Gasteiger partial charge in [0.1, 0.15) is 13.2 Å². The molecular formula is C11H22NO2+. The highest BCUT2D eigenvalue weighted by Gasteiger charge is 2.24. The van der Waals surface area contributed by atoms with Gasteiger partial charge in [-0.3, -0.25) is 4.79 Å². The molecule has 1 saturated heterocycles. The van der Waals surface area contributed by atoms with Gasteiger partial charge in [-0.25, -0.2) is 0 Å². The second-order valence-corrected chi connectivity index (χ2v) is 4.43. The average Bonchev–Trinajstić information content (AvgIpc) is 2.18. The number of ether oxygens (including phenoxy) is 1. The summed E-state index contributed by atoms with van der Waals surface area (Å²) in [4.78, 5) is 10.9. The zero-order valence-corrected chi connectivity index (χ0v) is 9.42. The Bertz CT molecular complexity index is 186. The van der Waals surface area contributed by atoms with E-state index in [1.165, 1.54) is 32.4 Å². The Morgan fingerprint density at radius 2 is 1.93 bits per heavy atom. The van der Waals surface area contributed by atoms with Crippen LogP contribution < -0.4 is 0 Å². The smallest absolute Gasteiger partial charge is 0.305 e. The second kappa shape index (κ2) is 5.35. The number of piperidine rings is 1. The maximum atomic E-state index is 10.9. The van der Waals surface area contributed by atoms with E-state index in [0.717, 1.165) is 11.0 Å². The third-order valence-electron chi connectivity index (χ3n) is 3.08. The van der Waals surface area contributed by atoms with Gasteiger partial charge in [0.2, 0.25) is 0 Å². The third kappa shape index (κ3) is 3.66. The minimum atomic E-state index is -0.0754. The van der Waals surface area contributed by atoms with Crippen molar-refractivity contribution in [1.29, 1.82) is 0 Å². The molecule has 0 bridgehead atoms. The summed E-state index contributed by atoms with van der Waals surface area (Å²) < 4.78 is 6.18. The Morgan fingerprint density at radius 3 is 2.50 bits per heavy atom. The first-order valence-corrected chi connectivity index (χ1v) is 5.65. The van der Waals surface area contributed by atoms with E-state index in [1.807, 2.05) is 6.92 Å². The molecule has 0 aliphatic carbocycles. The highest BCUT2D eigenvalue weighted by Crippen LogP contribution is 2.15. The molecule has 1 heterocycles. The lowest BCUT2D eigenvalue weighted by molar-refractivity contribution is -0.914. The lowest BCUT2D eigenvalue weighted by Gasteiger charge is -2.37. The van der Waals surface area contributed by atoms with Gasteiger partial charge in [0.15, 0.2) is 0 Å². The number of carbonyl (C=O) groups excluding carboxylic acids is 1. The number of likely N-dealkylation sites (tertiary alicyclic amines) is 1. The fourth-order valence-electron chi connectivity index (χ4n) is 1.98. The Balaban J connectivity index is 2.18. The molecule has 0 unspecified atom stereocenters. The largest absolute Gasteiger partial charge is 0.460 e. The van der Waals surface area contributed by atoms with Crippen molar-refractivity contribution >= 4 is 5.97 Å². The molecule has 0 atom stereocenters. The fraction of sp³-hybridized carbons (Fsp3) is 0.909. The van der Waals surface area contributed by atoms with Crippen LogP contribution in [0.4, 0.5) is 0 Å². The van der Waals surface area contributed by atoms with Gasteiger partial charge in [0.05, 0.1) is 20.1 Å². The molecule has 0 N–H and O–H groups in total. The Morgan fingerprint density at radius 1 is 1.29 bits per heavy atom. The minimum absolute atomic E-state index is 0.0754. The van der Waals surface area contributed by atoms with Crippen molar-refractivity contribution in [3.8, 4) is 0 Å². The van der Waals surface area contributed by atoms with Crippen molar-refractivity contribution < 1.29 is 14.0 Å². The van der Waals surface area contributed by atoms with Gasteiger partial charge in [-0.2, -0.15) is 0 Å². The number of nitrogens with zero attached hydrogens (tertiary/aromatic N) is 1. The third-order valence-corrected chi connectivity index (χ3v) is 3.08. The van der Waals surface area contributed by atoms with Crippen molar-refractivity contribution in [2.75, 3.05) is 33.3 Å². The summed E-state index contributed by atoms with van der Waals surface area (Å²) in [6.45, 7) is 5.88. The normalized spacial score (nSPS) is 20.4. The predicted octanol–water partition coefficient (Wildman–Crippen LogP) is 1.57. The van der Waals surface area contributed by atoms with E-state index in [4.69, 9.17) is 4.74 Å². The molecular weight excluding hydrogens is 178 g/mol. The number of hydrogen-bond donors (Lipinski definition) is 0. The number of rotatable bonds is 4. The van der Waals surface area contributed by atoms with Gasteiger partial charge >= 0.3 is 5.97 Å². The summed E-state index contributed by atoms with van der Waals surface area (Å²) >= 11 is 0. The maximum absolute atomic E-state index is 10.9. The molecule has 1 fully saturated rings. The lowest BCUT2D eigenvalue weighted by Crippen LogP contribution is -2.49. The zero-order chi connectivity index (χ0) is 10.4. The standard InChI is InChI=1S/C11H22NO2/c1-3-11(13)14-10-9-12(2)7-5-4-6-8-12/h3-10H2,1-2H3/q+1. The van der Waals surface area contributed by atoms with Gasteiger partial charge in [-0.1, -0.05) is 6.92 Å². The number of likely N-dealkylation sites (N-methyl/N-ethyl adjacent to an activating group) is 1. The van der Waals surface area contributed by atoms with Crippen LogP contribution in [-0.2, 0) is 9.53 Å². The molecule has 0 aromatic carbocycles. The number of esters is 1. The molecule has 3 nitrogen and oxygen atoms in total. The highest BCUT2D eigenvalue weighted by atomic mass is 16.5. The molecule has 1 rings (SSSR count). The van der Waals surface area contributed by atoms with Crippen LogP contribution >= 0.6 is 0 Å². The average molecular weight is 200 g/mol. The van der Waals surface area contributed by atoms with Crippen LogP contribution in [0, 0.1) is 0 Å². The van der Waals surface area contributed by atoms with E-state index in [2.05, 4.69) is 7.05 Å². The Labute approximate surface area is 86.6 Å². The van der Waals surface area contributed by atoms with E-state index in [9.17, 15) is 4.79 Å². The molecule has 0 aromatic rings. The van der Waals surface area contributed by atoms with Crippen molar-refractivity contribution in [3.63, 3.8) is 0 Å². The molecule has 0 aromatic heterocycles. The Kier molecular flexibility index (Phi) is 4.39. The Hall–Kier alpha value is -0.570. The maximum Gasteiger partial charge on any atom is 0.305 e. The fourth-order valence-corrected chi connectivity index (χ4v) is 1.98. The van der Waals surface area contributed by atoms with E-state index >= 15 is 0 Å². The molecule has 0 radical (unpaired) electrons. The summed E-state index contributed by atoms with van der Waals surface area (Å²) in [7, 11) is 2.26. The molecule has 14 heavy (non-hydrogen) atoms. The second-order valence-electron chi connectivity index (χ2n) is 4.43. The van der Waals surface area contributed by atoms with Crippen LogP contribution in [0.3, 0.4) is 0 Å². The van der Waals surface area contributed by atoms with Crippen LogP contribution in [-0.4, -0.2) is 43.7 Å². The first-order valence-electron chi connectivity index (χ1n) is 5.65. The number of quaternary nitrogens is 1. The summed E-state index contributed by atoms with van der Waals surface area (Å²) in [5, 5.41) is 0. The monoisotopic (exact) mass is 200 g/mol. The molecule has 0 amide bonds. The number of hydrogen-bond acceptors (Lipinski definition) is 2. The van der Waals surface area contributed by atoms with Gasteiger partial charge in [0.25, 0.3) is 0 Å². The van der Waals surface area contributed by atoms with E-state index in [1.54, 1.807) is 0 Å². The molecule has 1 aliphatic heterocycles. The topological polar surface area (TPSA) is 26.3 Å². The van der Waals surface area contributed by atoms with Crippen molar-refractivity contribution in [3.05, 3.63) is 0 Å². The van der Waals surface area contributed by atoms with Crippen LogP contribution in [0.15, 0.2) is 0 Å². The van der Waals surface area contributed by atoms with E-state index in [0.29, 0.717) is 13.0 Å². The highest BCUT2D eigenvalue weighted by molar-refractivity contribution is 5.68.